The average Bonchev–Trinajstić information content (AvgIpc) is 3.24. The zero-order valence-electron chi connectivity index (χ0n) is 18.9. The fourth-order valence-electron chi connectivity index (χ4n) is 3.82. The van der Waals surface area contributed by atoms with Crippen LogP contribution in [0, 0.1) is 20.8 Å². The van der Waals surface area contributed by atoms with Gasteiger partial charge in [0.25, 0.3) is 0 Å². The van der Waals surface area contributed by atoms with Crippen molar-refractivity contribution in [2.45, 2.75) is 40.0 Å². The van der Waals surface area contributed by atoms with E-state index in [0.717, 1.165) is 46.7 Å². The van der Waals surface area contributed by atoms with Gasteiger partial charge in [-0.2, -0.15) is 0 Å². The van der Waals surface area contributed by atoms with Gasteiger partial charge in [-0.25, -0.2) is 9.59 Å². The monoisotopic (exact) mass is 441 g/mol. The second-order valence-electron chi connectivity index (χ2n) is 7.98. The van der Waals surface area contributed by atoms with E-state index in [9.17, 15) is 4.79 Å². The molecule has 32 heavy (non-hydrogen) atoms. The maximum Gasteiger partial charge on any atom is 0.414 e. The van der Waals surface area contributed by atoms with Gasteiger partial charge < -0.3 is 14.9 Å². The summed E-state index contributed by atoms with van der Waals surface area (Å²) in [5.41, 5.74) is 5.12. The van der Waals surface area contributed by atoms with E-state index < -0.39 is 11.9 Å². The van der Waals surface area contributed by atoms with Crippen molar-refractivity contribution in [3.63, 3.8) is 0 Å². The molecular weight excluding hydrogens is 410 g/mol. The van der Waals surface area contributed by atoms with E-state index >= 15 is 0 Å². The first-order valence-corrected chi connectivity index (χ1v) is 10.7. The molecule has 0 radical (unpaired) electrons. The van der Waals surface area contributed by atoms with Gasteiger partial charge in [-0.1, -0.05) is 36.4 Å². The number of carbonyl (C=O) groups excluding carboxylic acids is 1. The zero-order chi connectivity index (χ0) is 23.7. The molecule has 1 aliphatic heterocycles. The highest BCUT2D eigenvalue weighted by Crippen LogP contribution is 2.26. The van der Waals surface area contributed by atoms with Crippen molar-refractivity contribution >= 4 is 17.7 Å². The Kier molecular flexibility index (Phi) is 9.40. The Morgan fingerprint density at radius 1 is 0.906 bits per heavy atom. The Bertz CT molecular complexity index is 928. The molecule has 1 aliphatic rings. The fraction of sp³-hybridized carbons (Fsp3) is 0.400. The van der Waals surface area contributed by atoms with E-state index in [1.165, 1.54) is 25.9 Å². The molecule has 172 valence electrons. The zero-order valence-corrected chi connectivity index (χ0v) is 18.9. The number of aryl methyl sites for hydroxylation is 3. The van der Waals surface area contributed by atoms with Crippen LogP contribution in [0.4, 0.5) is 0 Å². The lowest BCUT2D eigenvalue weighted by atomic mass is 9.97. The van der Waals surface area contributed by atoms with Gasteiger partial charge in [0.15, 0.2) is 5.78 Å². The molecule has 0 aliphatic carbocycles. The van der Waals surface area contributed by atoms with Crippen LogP contribution in [-0.2, 0) is 16.0 Å². The van der Waals surface area contributed by atoms with Crippen molar-refractivity contribution in [1.82, 2.24) is 4.90 Å². The number of Topliss-reactive ketones (excluding diaryl/α,β-unsaturated/α-hetero) is 1. The first-order valence-electron chi connectivity index (χ1n) is 10.7. The molecule has 3 rings (SSSR count). The summed E-state index contributed by atoms with van der Waals surface area (Å²) in [6, 6.07) is 12.0. The van der Waals surface area contributed by atoms with Gasteiger partial charge in [-0.15, -0.1) is 0 Å². The number of carbonyl (C=O) groups is 3. The molecule has 0 atom stereocenters. The van der Waals surface area contributed by atoms with Gasteiger partial charge in [0.2, 0.25) is 0 Å². The van der Waals surface area contributed by atoms with E-state index in [1.54, 1.807) is 0 Å². The molecule has 2 aromatic carbocycles. The van der Waals surface area contributed by atoms with Gasteiger partial charge in [0, 0.05) is 18.5 Å². The van der Waals surface area contributed by atoms with E-state index in [2.05, 4.69) is 30.9 Å². The third kappa shape index (κ3) is 7.50. The third-order valence-corrected chi connectivity index (χ3v) is 5.37. The van der Waals surface area contributed by atoms with Crippen LogP contribution in [0.1, 0.15) is 45.5 Å². The van der Waals surface area contributed by atoms with Gasteiger partial charge in [0.1, 0.15) is 12.4 Å². The number of ketones is 1. The third-order valence-electron chi connectivity index (χ3n) is 5.37. The van der Waals surface area contributed by atoms with Crippen molar-refractivity contribution < 1.29 is 29.3 Å². The highest BCUT2D eigenvalue weighted by Gasteiger charge is 2.14. The van der Waals surface area contributed by atoms with Gasteiger partial charge in [-0.3, -0.25) is 9.69 Å². The predicted molar refractivity (Wildman–Crippen MR) is 122 cm³/mol. The number of hydrogen-bond acceptors (Lipinski definition) is 5. The number of hydrogen-bond donors (Lipinski definition) is 2. The Morgan fingerprint density at radius 2 is 1.47 bits per heavy atom. The Hall–Kier alpha value is -3.19. The van der Waals surface area contributed by atoms with Crippen molar-refractivity contribution in [1.29, 1.82) is 0 Å². The second kappa shape index (κ2) is 12.0. The number of ether oxygens (including phenoxy) is 1. The maximum atomic E-state index is 12.6. The van der Waals surface area contributed by atoms with Crippen molar-refractivity contribution in [3.05, 3.63) is 64.2 Å². The molecular formula is C25H31NO6. The van der Waals surface area contributed by atoms with E-state index in [1.807, 2.05) is 31.2 Å². The lowest BCUT2D eigenvalue weighted by Crippen LogP contribution is -2.25. The molecule has 0 spiro atoms. The van der Waals surface area contributed by atoms with E-state index in [-0.39, 0.29) is 5.78 Å². The first kappa shape index (κ1) is 25.1. The molecule has 0 bridgehead atoms. The van der Waals surface area contributed by atoms with Crippen LogP contribution >= 0.6 is 0 Å². The normalized spacial score (nSPS) is 13.2. The molecule has 2 aromatic rings. The van der Waals surface area contributed by atoms with Gasteiger partial charge in [0.05, 0.1) is 0 Å². The molecule has 7 nitrogen and oxygen atoms in total. The van der Waals surface area contributed by atoms with Crippen LogP contribution < -0.4 is 4.74 Å². The predicted octanol–water partition coefficient (Wildman–Crippen LogP) is 3.67. The van der Waals surface area contributed by atoms with Crippen LogP contribution in [-0.4, -0.2) is 59.1 Å². The van der Waals surface area contributed by atoms with Crippen molar-refractivity contribution in [2.75, 3.05) is 26.2 Å². The summed E-state index contributed by atoms with van der Waals surface area (Å²) in [6.45, 7) is 10.2. The Morgan fingerprint density at radius 3 is 2.00 bits per heavy atom. The van der Waals surface area contributed by atoms with Crippen LogP contribution in [0.25, 0.3) is 0 Å². The summed E-state index contributed by atoms with van der Waals surface area (Å²) in [5, 5.41) is 14.8. The maximum absolute atomic E-state index is 12.6. The summed E-state index contributed by atoms with van der Waals surface area (Å²) in [7, 11) is 0. The van der Waals surface area contributed by atoms with Crippen LogP contribution in [0.15, 0.2) is 36.4 Å². The number of carboxylic acid groups (broad SMARTS) is 2. The quantitative estimate of drug-likeness (QED) is 0.499. The molecule has 1 heterocycles. The summed E-state index contributed by atoms with van der Waals surface area (Å²) in [4.78, 5) is 33.3. The van der Waals surface area contributed by atoms with Crippen LogP contribution in [0.5, 0.6) is 5.75 Å². The SMILES string of the molecule is Cc1ccccc1C(=O)Cc1cc(C)c(OCCN2CCCC2)c(C)c1.O=C(O)C(=O)O. The number of benzene rings is 2. The van der Waals surface area contributed by atoms with Crippen molar-refractivity contribution in [2.24, 2.45) is 0 Å². The van der Waals surface area contributed by atoms with Gasteiger partial charge >= 0.3 is 11.9 Å². The lowest BCUT2D eigenvalue weighted by Gasteiger charge is -2.18. The standard InChI is InChI=1S/C23H29NO2.C2H2O4/c1-17-8-4-5-9-21(17)22(25)16-20-14-18(2)23(19(3)15-20)26-13-12-24-10-6-7-11-24;3-1(4)2(5)6/h4-5,8-9,14-15H,6-7,10-13,16H2,1-3H3;(H,3,4)(H,5,6). The van der Waals surface area contributed by atoms with E-state index in [0.29, 0.717) is 6.42 Å². The number of likely N-dealkylation sites (tertiary alicyclic amines) is 1. The lowest BCUT2D eigenvalue weighted by molar-refractivity contribution is -0.159. The number of rotatable bonds is 7. The number of carboxylic acids is 2. The minimum absolute atomic E-state index is 0.171. The highest BCUT2D eigenvalue weighted by molar-refractivity contribution is 6.27. The Labute approximate surface area is 188 Å². The minimum Gasteiger partial charge on any atom is -0.492 e. The number of nitrogens with zero attached hydrogens (tertiary/aromatic N) is 1. The summed E-state index contributed by atoms with van der Waals surface area (Å²) >= 11 is 0. The van der Waals surface area contributed by atoms with Crippen LogP contribution in [0.2, 0.25) is 0 Å². The van der Waals surface area contributed by atoms with Crippen molar-refractivity contribution in [3.8, 4) is 5.75 Å². The second-order valence-corrected chi connectivity index (χ2v) is 7.98. The first-order chi connectivity index (χ1) is 15.2. The average molecular weight is 442 g/mol. The molecule has 2 N–H and O–H groups in total. The molecule has 0 unspecified atom stereocenters. The van der Waals surface area contributed by atoms with Gasteiger partial charge in [-0.05, 0) is 69.0 Å². The summed E-state index contributed by atoms with van der Waals surface area (Å²) < 4.78 is 6.07. The number of aliphatic carboxylic acids is 2. The highest BCUT2D eigenvalue weighted by atomic mass is 16.5. The molecule has 1 fully saturated rings. The largest absolute Gasteiger partial charge is 0.492 e. The molecule has 1 saturated heterocycles. The summed E-state index contributed by atoms with van der Waals surface area (Å²) in [5.74, 6) is -2.51. The summed E-state index contributed by atoms with van der Waals surface area (Å²) in [6.07, 6.45) is 3.05. The molecule has 0 aromatic heterocycles. The fourth-order valence-corrected chi connectivity index (χ4v) is 3.82. The smallest absolute Gasteiger partial charge is 0.414 e. The van der Waals surface area contributed by atoms with E-state index in [4.69, 9.17) is 24.5 Å². The molecule has 0 saturated carbocycles. The minimum atomic E-state index is -1.82. The molecule has 7 heteroatoms. The topological polar surface area (TPSA) is 104 Å². The van der Waals surface area contributed by atoms with Crippen LogP contribution in [0.3, 0.4) is 0 Å². The Balaban J connectivity index is 0.000000534. The molecule has 0 amide bonds.